The molecular formula is C13H17N3OS. The van der Waals surface area contributed by atoms with Gasteiger partial charge in [0.1, 0.15) is 0 Å². The quantitative estimate of drug-likeness (QED) is 0.816. The molecule has 96 valence electrons. The summed E-state index contributed by atoms with van der Waals surface area (Å²) in [4.78, 5) is 16.5. The normalized spacial score (nSPS) is 18.0. The van der Waals surface area contributed by atoms with E-state index in [2.05, 4.69) is 10.3 Å². The fraction of sp³-hybridized carbons (Fsp3) is 0.462. The maximum absolute atomic E-state index is 12.2. The Kier molecular flexibility index (Phi) is 3.91. The second kappa shape index (κ2) is 5.44. The highest BCUT2D eigenvalue weighted by molar-refractivity contribution is 7.80. The van der Waals surface area contributed by atoms with Crippen LogP contribution in [0.25, 0.3) is 0 Å². The van der Waals surface area contributed by atoms with Gasteiger partial charge in [-0.1, -0.05) is 31.5 Å². The van der Waals surface area contributed by atoms with Crippen LogP contribution in [-0.4, -0.2) is 21.4 Å². The van der Waals surface area contributed by atoms with Crippen molar-refractivity contribution in [3.8, 4) is 0 Å². The number of hydrogen-bond acceptors (Lipinski definition) is 3. The molecule has 1 amide bonds. The Balaban J connectivity index is 2.15. The van der Waals surface area contributed by atoms with Crippen LogP contribution in [0, 0.1) is 0 Å². The first-order valence-corrected chi connectivity index (χ1v) is 6.57. The van der Waals surface area contributed by atoms with Crippen molar-refractivity contribution in [1.82, 2.24) is 10.3 Å². The van der Waals surface area contributed by atoms with Crippen molar-refractivity contribution in [3.05, 3.63) is 30.1 Å². The molecule has 0 bridgehead atoms. The lowest BCUT2D eigenvalue weighted by Crippen LogP contribution is -2.57. The monoisotopic (exact) mass is 263 g/mol. The van der Waals surface area contributed by atoms with E-state index in [4.69, 9.17) is 18.0 Å². The predicted molar refractivity (Wildman–Crippen MR) is 74.3 cm³/mol. The third kappa shape index (κ3) is 2.67. The van der Waals surface area contributed by atoms with Crippen LogP contribution in [0.15, 0.2) is 24.5 Å². The summed E-state index contributed by atoms with van der Waals surface area (Å²) in [6.07, 6.45) is 8.11. The maximum atomic E-state index is 12.2. The van der Waals surface area contributed by atoms with Gasteiger partial charge in [0.15, 0.2) is 0 Å². The number of pyridine rings is 1. The molecule has 0 unspecified atom stereocenters. The number of rotatable bonds is 3. The van der Waals surface area contributed by atoms with Gasteiger partial charge in [-0.2, -0.15) is 0 Å². The number of aromatic nitrogens is 1. The third-order valence-electron chi connectivity index (χ3n) is 3.46. The van der Waals surface area contributed by atoms with Crippen LogP contribution >= 0.6 is 12.2 Å². The number of carbonyl (C=O) groups excluding carboxylic acids is 1. The van der Waals surface area contributed by atoms with Gasteiger partial charge in [0.2, 0.25) is 0 Å². The number of amides is 1. The minimum atomic E-state index is -0.513. The fourth-order valence-corrected chi connectivity index (χ4v) is 2.63. The Labute approximate surface area is 112 Å². The van der Waals surface area contributed by atoms with Crippen LogP contribution < -0.4 is 11.1 Å². The summed E-state index contributed by atoms with van der Waals surface area (Å²) in [6.45, 7) is 0. The van der Waals surface area contributed by atoms with Crippen LogP contribution in [0.5, 0.6) is 0 Å². The summed E-state index contributed by atoms with van der Waals surface area (Å²) >= 11 is 5.14. The first-order chi connectivity index (χ1) is 8.64. The van der Waals surface area contributed by atoms with E-state index in [-0.39, 0.29) is 5.91 Å². The Morgan fingerprint density at radius 1 is 1.39 bits per heavy atom. The average molecular weight is 263 g/mol. The predicted octanol–water partition coefficient (Wildman–Crippen LogP) is 1.80. The van der Waals surface area contributed by atoms with Gasteiger partial charge >= 0.3 is 0 Å². The molecule has 1 fully saturated rings. The molecule has 0 atom stereocenters. The molecule has 1 aliphatic rings. The van der Waals surface area contributed by atoms with E-state index in [0.29, 0.717) is 10.6 Å². The minimum absolute atomic E-state index is 0.155. The molecule has 1 heterocycles. The maximum Gasteiger partial charge on any atom is 0.253 e. The van der Waals surface area contributed by atoms with Gasteiger partial charge in [0.05, 0.1) is 16.1 Å². The number of hydrogen-bond donors (Lipinski definition) is 2. The van der Waals surface area contributed by atoms with Gasteiger partial charge in [-0.15, -0.1) is 0 Å². The van der Waals surface area contributed by atoms with Crippen molar-refractivity contribution in [2.75, 3.05) is 0 Å². The molecule has 3 N–H and O–H groups in total. The Morgan fingerprint density at radius 3 is 2.67 bits per heavy atom. The summed E-state index contributed by atoms with van der Waals surface area (Å²) in [5.41, 5.74) is 5.86. The molecule has 1 aliphatic carbocycles. The van der Waals surface area contributed by atoms with E-state index in [1.807, 2.05) is 0 Å². The SMILES string of the molecule is NC(=S)C1(NC(=O)c2cccnc2)CCCCC1. The van der Waals surface area contributed by atoms with E-state index in [0.717, 1.165) is 25.7 Å². The van der Waals surface area contributed by atoms with Crippen molar-refractivity contribution in [3.63, 3.8) is 0 Å². The summed E-state index contributed by atoms with van der Waals surface area (Å²) < 4.78 is 0. The molecule has 0 radical (unpaired) electrons. The highest BCUT2D eigenvalue weighted by Crippen LogP contribution is 2.28. The summed E-state index contributed by atoms with van der Waals surface area (Å²) in [7, 11) is 0. The van der Waals surface area contributed by atoms with E-state index < -0.39 is 5.54 Å². The molecule has 4 nitrogen and oxygen atoms in total. The zero-order valence-electron chi connectivity index (χ0n) is 10.2. The number of nitrogens with zero attached hydrogens (tertiary/aromatic N) is 1. The molecule has 2 rings (SSSR count). The molecule has 5 heteroatoms. The molecule has 1 aromatic rings. The molecule has 0 saturated heterocycles. The molecule has 18 heavy (non-hydrogen) atoms. The van der Waals surface area contributed by atoms with Crippen molar-refractivity contribution in [2.45, 2.75) is 37.6 Å². The fourth-order valence-electron chi connectivity index (χ4n) is 2.37. The van der Waals surface area contributed by atoms with Crippen LogP contribution in [-0.2, 0) is 0 Å². The standard InChI is InChI=1S/C13H17N3OS/c14-12(18)13(6-2-1-3-7-13)16-11(17)10-5-4-8-15-9-10/h4-5,8-9H,1-3,6-7H2,(H2,14,18)(H,16,17). The van der Waals surface area contributed by atoms with Crippen LogP contribution in [0.3, 0.4) is 0 Å². The highest BCUT2D eigenvalue weighted by Gasteiger charge is 2.36. The Bertz CT molecular complexity index is 441. The van der Waals surface area contributed by atoms with Crippen molar-refractivity contribution in [1.29, 1.82) is 0 Å². The zero-order chi connectivity index (χ0) is 13.0. The summed E-state index contributed by atoms with van der Waals surface area (Å²) in [5, 5.41) is 3.00. The Morgan fingerprint density at radius 2 is 2.11 bits per heavy atom. The minimum Gasteiger partial charge on any atom is -0.391 e. The highest BCUT2D eigenvalue weighted by atomic mass is 32.1. The smallest absolute Gasteiger partial charge is 0.253 e. The van der Waals surface area contributed by atoms with Gasteiger partial charge in [0, 0.05) is 12.4 Å². The van der Waals surface area contributed by atoms with E-state index in [1.54, 1.807) is 24.5 Å². The van der Waals surface area contributed by atoms with Gasteiger partial charge in [0.25, 0.3) is 5.91 Å². The summed E-state index contributed by atoms with van der Waals surface area (Å²) in [6, 6.07) is 3.47. The first-order valence-electron chi connectivity index (χ1n) is 6.16. The number of nitrogens with one attached hydrogen (secondary N) is 1. The second-order valence-electron chi connectivity index (χ2n) is 4.70. The van der Waals surface area contributed by atoms with Crippen LogP contribution in [0.4, 0.5) is 0 Å². The lowest BCUT2D eigenvalue weighted by Gasteiger charge is -2.37. The number of carbonyl (C=O) groups is 1. The van der Waals surface area contributed by atoms with E-state index in [9.17, 15) is 4.79 Å². The Hall–Kier alpha value is -1.49. The third-order valence-corrected chi connectivity index (χ3v) is 3.85. The van der Waals surface area contributed by atoms with Crippen molar-refractivity contribution < 1.29 is 4.79 Å². The second-order valence-corrected chi connectivity index (χ2v) is 5.14. The molecule has 1 aromatic heterocycles. The van der Waals surface area contributed by atoms with Crippen molar-refractivity contribution in [2.24, 2.45) is 5.73 Å². The van der Waals surface area contributed by atoms with Gasteiger partial charge in [-0.05, 0) is 25.0 Å². The van der Waals surface area contributed by atoms with Crippen LogP contribution in [0.1, 0.15) is 42.5 Å². The first kappa shape index (κ1) is 13.0. The van der Waals surface area contributed by atoms with Crippen molar-refractivity contribution >= 4 is 23.1 Å². The topological polar surface area (TPSA) is 68.0 Å². The van der Waals surface area contributed by atoms with E-state index >= 15 is 0 Å². The molecular weight excluding hydrogens is 246 g/mol. The number of thiocarbonyl (C=S) groups is 1. The lowest BCUT2D eigenvalue weighted by atomic mass is 9.81. The largest absolute Gasteiger partial charge is 0.391 e. The molecule has 0 aliphatic heterocycles. The van der Waals surface area contributed by atoms with Crippen LogP contribution in [0.2, 0.25) is 0 Å². The molecule has 0 spiro atoms. The average Bonchev–Trinajstić information content (AvgIpc) is 2.40. The van der Waals surface area contributed by atoms with Gasteiger partial charge in [-0.25, -0.2) is 0 Å². The molecule has 0 aromatic carbocycles. The number of nitrogens with two attached hydrogens (primary N) is 1. The van der Waals surface area contributed by atoms with Gasteiger partial charge in [-0.3, -0.25) is 9.78 Å². The lowest BCUT2D eigenvalue weighted by molar-refractivity contribution is 0.0908. The zero-order valence-corrected chi connectivity index (χ0v) is 11.0. The summed E-state index contributed by atoms with van der Waals surface area (Å²) in [5.74, 6) is -0.155. The molecule has 1 saturated carbocycles. The van der Waals surface area contributed by atoms with Gasteiger partial charge < -0.3 is 11.1 Å². The van der Waals surface area contributed by atoms with E-state index in [1.165, 1.54) is 6.42 Å².